The maximum Gasteiger partial charge on any atom is 0.251 e. The third kappa shape index (κ3) is 3.34. The molecule has 0 aromatic heterocycles. The van der Waals surface area contributed by atoms with E-state index in [1.165, 1.54) is 6.07 Å². The highest BCUT2D eigenvalue weighted by Gasteiger charge is 2.18. The van der Waals surface area contributed by atoms with Crippen molar-refractivity contribution < 1.29 is 15.0 Å². The van der Waals surface area contributed by atoms with E-state index in [0.717, 1.165) is 16.8 Å². The fourth-order valence-corrected chi connectivity index (χ4v) is 1.89. The Labute approximate surface area is 123 Å². The second-order valence-corrected chi connectivity index (χ2v) is 5.95. The number of nitrogens with one attached hydrogen (secondary N) is 1. The molecule has 2 aromatic carbocycles. The average Bonchev–Trinajstić information content (AvgIpc) is 2.41. The van der Waals surface area contributed by atoms with Crippen molar-refractivity contribution in [3.63, 3.8) is 0 Å². The van der Waals surface area contributed by atoms with Gasteiger partial charge in [0.05, 0.1) is 5.69 Å². The van der Waals surface area contributed by atoms with Gasteiger partial charge in [-0.05, 0) is 11.5 Å². The lowest BCUT2D eigenvalue weighted by molar-refractivity contribution is -0.112. The summed E-state index contributed by atoms with van der Waals surface area (Å²) >= 11 is 0. The molecule has 0 aliphatic rings. The molecule has 2 aromatic rings. The van der Waals surface area contributed by atoms with E-state index in [9.17, 15) is 15.0 Å². The van der Waals surface area contributed by atoms with Crippen molar-refractivity contribution in [1.82, 2.24) is 0 Å². The quantitative estimate of drug-likeness (QED) is 0.444. The highest BCUT2D eigenvalue weighted by Crippen LogP contribution is 2.32. The SMILES string of the molecule is CC(C)(C)/C(O)=C/C(=O)Nc1c(O)ccc2ccccc12. The van der Waals surface area contributed by atoms with E-state index in [1.807, 2.05) is 45.0 Å². The van der Waals surface area contributed by atoms with Crippen molar-refractivity contribution in [2.24, 2.45) is 5.41 Å². The van der Waals surface area contributed by atoms with Gasteiger partial charge in [-0.1, -0.05) is 51.1 Å². The molecule has 0 aliphatic heterocycles. The van der Waals surface area contributed by atoms with Crippen LogP contribution >= 0.6 is 0 Å². The number of aromatic hydroxyl groups is 1. The highest BCUT2D eigenvalue weighted by atomic mass is 16.3. The molecule has 3 N–H and O–H groups in total. The molecule has 0 bridgehead atoms. The molecule has 4 heteroatoms. The number of amides is 1. The smallest absolute Gasteiger partial charge is 0.251 e. The summed E-state index contributed by atoms with van der Waals surface area (Å²) in [6.45, 7) is 5.42. The number of rotatable bonds is 2. The fourth-order valence-electron chi connectivity index (χ4n) is 1.89. The van der Waals surface area contributed by atoms with Crippen molar-refractivity contribution in [2.75, 3.05) is 5.32 Å². The van der Waals surface area contributed by atoms with Crippen LogP contribution in [0.3, 0.4) is 0 Å². The van der Waals surface area contributed by atoms with Gasteiger partial charge in [-0.2, -0.15) is 0 Å². The molecule has 0 radical (unpaired) electrons. The van der Waals surface area contributed by atoms with Crippen LogP contribution in [0.25, 0.3) is 10.8 Å². The van der Waals surface area contributed by atoms with Crippen LogP contribution in [0.5, 0.6) is 5.75 Å². The average molecular weight is 285 g/mol. The van der Waals surface area contributed by atoms with Crippen LogP contribution in [0.1, 0.15) is 20.8 Å². The van der Waals surface area contributed by atoms with Gasteiger partial charge in [-0.25, -0.2) is 0 Å². The maximum atomic E-state index is 12.0. The zero-order valence-corrected chi connectivity index (χ0v) is 12.3. The van der Waals surface area contributed by atoms with Crippen molar-refractivity contribution >= 4 is 22.4 Å². The first-order valence-electron chi connectivity index (χ1n) is 6.72. The predicted molar refractivity (Wildman–Crippen MR) is 84.4 cm³/mol. The summed E-state index contributed by atoms with van der Waals surface area (Å²) in [5.74, 6) is -0.500. The number of aliphatic hydroxyl groups is 1. The molecule has 0 aliphatic carbocycles. The Morgan fingerprint density at radius 1 is 1.14 bits per heavy atom. The molecule has 0 saturated heterocycles. The van der Waals surface area contributed by atoms with Crippen LogP contribution in [-0.2, 0) is 4.79 Å². The molecule has 1 amide bonds. The topological polar surface area (TPSA) is 69.6 Å². The first kappa shape index (κ1) is 14.9. The number of hydrogen-bond donors (Lipinski definition) is 3. The lowest BCUT2D eigenvalue weighted by atomic mass is 9.93. The molecule has 0 saturated carbocycles. The summed E-state index contributed by atoms with van der Waals surface area (Å²) in [6, 6.07) is 10.7. The van der Waals surface area contributed by atoms with E-state index in [-0.39, 0.29) is 11.5 Å². The Morgan fingerprint density at radius 2 is 1.81 bits per heavy atom. The number of hydrogen-bond acceptors (Lipinski definition) is 3. The Balaban J connectivity index is 2.36. The zero-order chi connectivity index (χ0) is 15.6. The number of carbonyl (C=O) groups is 1. The van der Waals surface area contributed by atoms with E-state index >= 15 is 0 Å². The molecule has 110 valence electrons. The third-order valence-corrected chi connectivity index (χ3v) is 3.19. The first-order chi connectivity index (χ1) is 9.79. The highest BCUT2D eigenvalue weighted by molar-refractivity contribution is 6.08. The minimum absolute atomic E-state index is 0.00861. The number of phenols is 1. The second-order valence-electron chi connectivity index (χ2n) is 5.95. The number of anilines is 1. The van der Waals surface area contributed by atoms with Gasteiger partial charge >= 0.3 is 0 Å². The second kappa shape index (κ2) is 5.48. The fraction of sp³-hybridized carbons (Fsp3) is 0.235. The van der Waals surface area contributed by atoms with Crippen LogP contribution < -0.4 is 5.32 Å². The van der Waals surface area contributed by atoms with Crippen LogP contribution in [0, 0.1) is 5.41 Å². The summed E-state index contributed by atoms with van der Waals surface area (Å²) in [7, 11) is 0. The Morgan fingerprint density at radius 3 is 2.48 bits per heavy atom. The van der Waals surface area contributed by atoms with E-state index in [1.54, 1.807) is 6.07 Å². The number of carbonyl (C=O) groups excluding carboxylic acids is 1. The van der Waals surface area contributed by atoms with Gasteiger partial charge in [0, 0.05) is 16.9 Å². The zero-order valence-electron chi connectivity index (χ0n) is 12.3. The summed E-state index contributed by atoms with van der Waals surface area (Å²) in [4.78, 5) is 12.0. The predicted octanol–water partition coefficient (Wildman–Crippen LogP) is 3.97. The summed E-state index contributed by atoms with van der Waals surface area (Å²) in [6.07, 6.45) is 1.14. The summed E-state index contributed by atoms with van der Waals surface area (Å²) in [5, 5.41) is 24.1. The largest absolute Gasteiger partial charge is 0.512 e. The van der Waals surface area contributed by atoms with Crippen LogP contribution in [0.2, 0.25) is 0 Å². The summed E-state index contributed by atoms with van der Waals surface area (Å²) < 4.78 is 0. The Kier molecular flexibility index (Phi) is 3.89. The molecular formula is C17H19NO3. The molecule has 0 unspecified atom stereocenters. The number of phenolic OH excluding ortho intramolecular Hbond substituents is 1. The number of fused-ring (bicyclic) bond motifs is 1. The summed E-state index contributed by atoms with van der Waals surface area (Å²) in [5.41, 5.74) is -0.158. The first-order valence-corrected chi connectivity index (χ1v) is 6.72. The molecule has 0 fully saturated rings. The lowest BCUT2D eigenvalue weighted by Crippen LogP contribution is -2.15. The van der Waals surface area contributed by atoms with Crippen molar-refractivity contribution in [2.45, 2.75) is 20.8 Å². The van der Waals surface area contributed by atoms with E-state index in [4.69, 9.17) is 0 Å². The molecule has 0 heterocycles. The third-order valence-electron chi connectivity index (χ3n) is 3.19. The van der Waals surface area contributed by atoms with E-state index in [2.05, 4.69) is 5.32 Å². The molecular weight excluding hydrogens is 266 g/mol. The minimum atomic E-state index is -0.502. The monoisotopic (exact) mass is 285 g/mol. The minimum Gasteiger partial charge on any atom is -0.512 e. The molecule has 2 rings (SSSR count). The van der Waals surface area contributed by atoms with Crippen LogP contribution in [0.15, 0.2) is 48.2 Å². The molecule has 4 nitrogen and oxygen atoms in total. The number of allylic oxidation sites excluding steroid dienone is 1. The standard InChI is InChI=1S/C17H19NO3/c1-17(2,3)14(20)10-15(21)18-16-12-7-5-4-6-11(12)8-9-13(16)19/h4-10,19-20H,1-3H3,(H,18,21)/b14-10-. The molecule has 0 spiro atoms. The lowest BCUT2D eigenvalue weighted by Gasteiger charge is -2.17. The van der Waals surface area contributed by atoms with Crippen molar-refractivity contribution in [3.05, 3.63) is 48.2 Å². The van der Waals surface area contributed by atoms with Gasteiger partial charge in [-0.15, -0.1) is 0 Å². The Bertz CT molecular complexity index is 712. The van der Waals surface area contributed by atoms with Gasteiger partial charge in [0.1, 0.15) is 11.5 Å². The van der Waals surface area contributed by atoms with Gasteiger partial charge in [0.25, 0.3) is 5.91 Å². The van der Waals surface area contributed by atoms with E-state index in [0.29, 0.717) is 5.69 Å². The molecule has 21 heavy (non-hydrogen) atoms. The van der Waals surface area contributed by atoms with Gasteiger partial charge < -0.3 is 15.5 Å². The van der Waals surface area contributed by atoms with Gasteiger partial charge in [0.2, 0.25) is 0 Å². The molecule has 0 atom stereocenters. The Hall–Kier alpha value is -2.49. The van der Waals surface area contributed by atoms with Gasteiger partial charge in [-0.3, -0.25) is 4.79 Å². The number of benzene rings is 2. The van der Waals surface area contributed by atoms with Crippen molar-refractivity contribution in [1.29, 1.82) is 0 Å². The normalized spacial score (nSPS) is 12.4. The van der Waals surface area contributed by atoms with Crippen LogP contribution in [0.4, 0.5) is 5.69 Å². The maximum absolute atomic E-state index is 12.0. The van der Waals surface area contributed by atoms with E-state index < -0.39 is 11.3 Å². The van der Waals surface area contributed by atoms with Gasteiger partial charge in [0.15, 0.2) is 0 Å². The van der Waals surface area contributed by atoms with Crippen LogP contribution in [-0.4, -0.2) is 16.1 Å². The number of aliphatic hydroxyl groups excluding tert-OH is 1. The van der Waals surface area contributed by atoms with Crippen molar-refractivity contribution in [3.8, 4) is 5.75 Å².